The summed E-state index contributed by atoms with van der Waals surface area (Å²) in [5, 5.41) is 3.52. The van der Waals surface area contributed by atoms with E-state index in [2.05, 4.69) is 42.8 Å². The number of hydrogen-bond acceptors (Lipinski definition) is 2. The zero-order valence-corrected chi connectivity index (χ0v) is 9.15. The van der Waals surface area contributed by atoms with Crippen LogP contribution >= 0.6 is 0 Å². The minimum absolute atomic E-state index is 0.238. The van der Waals surface area contributed by atoms with Crippen LogP contribution in [0, 0.1) is 11.8 Å². The highest BCUT2D eigenvalue weighted by Gasteiger charge is 2.29. The average Bonchev–Trinajstić information content (AvgIpc) is 2.07. The minimum atomic E-state index is 0.238. The fraction of sp³-hybridized carbons (Fsp3) is 0.818. The summed E-state index contributed by atoms with van der Waals surface area (Å²) in [5.41, 5.74) is 0.238. The van der Waals surface area contributed by atoms with Gasteiger partial charge < -0.3 is 5.32 Å². The van der Waals surface area contributed by atoms with Crippen LogP contribution in [0.15, 0.2) is 0 Å². The summed E-state index contributed by atoms with van der Waals surface area (Å²) >= 11 is 0. The van der Waals surface area contributed by atoms with Crippen molar-refractivity contribution in [2.24, 2.45) is 0 Å². The molecule has 0 amide bonds. The van der Waals surface area contributed by atoms with Crippen LogP contribution in [0.1, 0.15) is 27.7 Å². The molecule has 0 aromatic heterocycles. The Hall–Kier alpha value is -0.520. The molecule has 0 radical (unpaired) electrons. The SMILES string of the molecule is CC#CCN1CC(C)(C)NCC1C. The normalized spacial score (nSPS) is 27.8. The summed E-state index contributed by atoms with van der Waals surface area (Å²) in [6.45, 7) is 11.7. The number of nitrogens with zero attached hydrogens (tertiary/aromatic N) is 1. The Bertz CT molecular complexity index is 222. The maximum absolute atomic E-state index is 3.52. The second kappa shape index (κ2) is 4.13. The fourth-order valence-electron chi connectivity index (χ4n) is 1.66. The Morgan fingerprint density at radius 2 is 2.23 bits per heavy atom. The Labute approximate surface area is 81.7 Å². The Kier molecular flexibility index (Phi) is 3.35. The van der Waals surface area contributed by atoms with Gasteiger partial charge in [0.15, 0.2) is 0 Å². The van der Waals surface area contributed by atoms with Crippen LogP contribution in [0.3, 0.4) is 0 Å². The predicted octanol–water partition coefficient (Wildman–Crippen LogP) is 1.08. The molecule has 0 aromatic carbocycles. The van der Waals surface area contributed by atoms with Gasteiger partial charge in [-0.1, -0.05) is 5.92 Å². The molecule has 0 aromatic rings. The standard InChI is InChI=1S/C11H20N2/c1-5-6-7-13-9-11(3,4)12-8-10(13)2/h10,12H,7-9H2,1-4H3. The summed E-state index contributed by atoms with van der Waals surface area (Å²) in [6, 6.07) is 0.605. The van der Waals surface area contributed by atoms with Crippen LogP contribution in [0.2, 0.25) is 0 Å². The van der Waals surface area contributed by atoms with E-state index in [0.717, 1.165) is 19.6 Å². The first kappa shape index (κ1) is 10.6. The molecule has 1 atom stereocenters. The lowest BCUT2D eigenvalue weighted by molar-refractivity contribution is 0.119. The average molecular weight is 180 g/mol. The van der Waals surface area contributed by atoms with Crippen LogP contribution in [-0.4, -0.2) is 36.1 Å². The number of nitrogens with one attached hydrogen (secondary N) is 1. The Balaban J connectivity index is 2.53. The third-order valence-corrected chi connectivity index (χ3v) is 2.56. The van der Waals surface area contributed by atoms with Crippen molar-refractivity contribution in [3.63, 3.8) is 0 Å². The van der Waals surface area contributed by atoms with Crippen molar-refractivity contribution >= 4 is 0 Å². The molecule has 2 heteroatoms. The van der Waals surface area contributed by atoms with Gasteiger partial charge in [-0.05, 0) is 27.7 Å². The van der Waals surface area contributed by atoms with E-state index < -0.39 is 0 Å². The highest BCUT2D eigenvalue weighted by Crippen LogP contribution is 2.13. The first-order chi connectivity index (χ1) is 6.05. The Morgan fingerprint density at radius 3 is 2.85 bits per heavy atom. The van der Waals surface area contributed by atoms with Gasteiger partial charge >= 0.3 is 0 Å². The van der Waals surface area contributed by atoms with Gasteiger partial charge in [-0.3, -0.25) is 4.90 Å². The van der Waals surface area contributed by atoms with E-state index in [4.69, 9.17) is 0 Å². The molecule has 0 aliphatic carbocycles. The molecular weight excluding hydrogens is 160 g/mol. The summed E-state index contributed by atoms with van der Waals surface area (Å²) in [4.78, 5) is 2.44. The Morgan fingerprint density at radius 1 is 1.54 bits per heavy atom. The predicted molar refractivity (Wildman–Crippen MR) is 56.6 cm³/mol. The van der Waals surface area contributed by atoms with Gasteiger partial charge in [0.1, 0.15) is 0 Å². The number of rotatable bonds is 1. The smallest absolute Gasteiger partial charge is 0.0604 e. The molecular formula is C11H20N2. The maximum atomic E-state index is 3.52. The molecule has 1 saturated heterocycles. The van der Waals surface area contributed by atoms with Crippen molar-refractivity contribution in [3.8, 4) is 11.8 Å². The number of piperazine rings is 1. The van der Waals surface area contributed by atoms with Gasteiger partial charge in [0, 0.05) is 24.7 Å². The quantitative estimate of drug-likeness (QED) is 0.608. The van der Waals surface area contributed by atoms with Crippen LogP contribution in [-0.2, 0) is 0 Å². The van der Waals surface area contributed by atoms with Crippen molar-refractivity contribution < 1.29 is 0 Å². The largest absolute Gasteiger partial charge is 0.309 e. The van der Waals surface area contributed by atoms with Crippen molar-refractivity contribution in [2.45, 2.75) is 39.3 Å². The highest BCUT2D eigenvalue weighted by atomic mass is 15.2. The van der Waals surface area contributed by atoms with E-state index in [9.17, 15) is 0 Å². The van der Waals surface area contributed by atoms with Crippen LogP contribution in [0.4, 0.5) is 0 Å². The molecule has 0 bridgehead atoms. The molecule has 2 nitrogen and oxygen atoms in total. The molecule has 13 heavy (non-hydrogen) atoms. The van der Waals surface area contributed by atoms with Gasteiger partial charge in [-0.2, -0.15) is 0 Å². The molecule has 1 heterocycles. The van der Waals surface area contributed by atoms with E-state index in [1.165, 1.54) is 0 Å². The zero-order chi connectivity index (χ0) is 9.90. The van der Waals surface area contributed by atoms with Crippen LogP contribution in [0.5, 0.6) is 0 Å². The summed E-state index contributed by atoms with van der Waals surface area (Å²) in [7, 11) is 0. The van der Waals surface area contributed by atoms with Crippen molar-refractivity contribution in [3.05, 3.63) is 0 Å². The van der Waals surface area contributed by atoms with Crippen molar-refractivity contribution in [2.75, 3.05) is 19.6 Å². The van der Waals surface area contributed by atoms with E-state index in [1.54, 1.807) is 0 Å². The van der Waals surface area contributed by atoms with Gasteiger partial charge in [0.2, 0.25) is 0 Å². The molecule has 0 saturated carbocycles. The topological polar surface area (TPSA) is 15.3 Å². The van der Waals surface area contributed by atoms with Gasteiger partial charge in [-0.15, -0.1) is 5.92 Å². The minimum Gasteiger partial charge on any atom is -0.309 e. The lowest BCUT2D eigenvalue weighted by Crippen LogP contribution is -2.60. The molecule has 74 valence electrons. The molecule has 1 fully saturated rings. The van der Waals surface area contributed by atoms with E-state index in [-0.39, 0.29) is 5.54 Å². The zero-order valence-electron chi connectivity index (χ0n) is 9.15. The van der Waals surface area contributed by atoms with Crippen molar-refractivity contribution in [1.29, 1.82) is 0 Å². The monoisotopic (exact) mass is 180 g/mol. The molecule has 1 rings (SSSR count). The lowest BCUT2D eigenvalue weighted by atomic mass is 9.99. The second-order valence-corrected chi connectivity index (χ2v) is 4.45. The van der Waals surface area contributed by atoms with Crippen LogP contribution in [0.25, 0.3) is 0 Å². The molecule has 1 aliphatic heterocycles. The number of hydrogen-bond donors (Lipinski definition) is 1. The maximum Gasteiger partial charge on any atom is 0.0604 e. The third kappa shape index (κ3) is 3.02. The van der Waals surface area contributed by atoms with Gasteiger partial charge in [0.25, 0.3) is 0 Å². The molecule has 1 N–H and O–H groups in total. The van der Waals surface area contributed by atoms with Gasteiger partial charge in [-0.25, -0.2) is 0 Å². The van der Waals surface area contributed by atoms with E-state index >= 15 is 0 Å². The van der Waals surface area contributed by atoms with Gasteiger partial charge in [0.05, 0.1) is 6.54 Å². The molecule has 0 spiro atoms. The summed E-state index contributed by atoms with van der Waals surface area (Å²) in [5.74, 6) is 6.09. The van der Waals surface area contributed by atoms with E-state index in [1.807, 2.05) is 6.92 Å². The van der Waals surface area contributed by atoms with Crippen molar-refractivity contribution in [1.82, 2.24) is 10.2 Å². The fourth-order valence-corrected chi connectivity index (χ4v) is 1.66. The summed E-state index contributed by atoms with van der Waals surface area (Å²) in [6.07, 6.45) is 0. The third-order valence-electron chi connectivity index (χ3n) is 2.56. The summed E-state index contributed by atoms with van der Waals surface area (Å²) < 4.78 is 0. The molecule has 1 unspecified atom stereocenters. The van der Waals surface area contributed by atoms with E-state index in [0.29, 0.717) is 6.04 Å². The lowest BCUT2D eigenvalue weighted by Gasteiger charge is -2.42. The second-order valence-electron chi connectivity index (χ2n) is 4.45. The van der Waals surface area contributed by atoms with Crippen LogP contribution < -0.4 is 5.32 Å². The first-order valence-corrected chi connectivity index (χ1v) is 4.94. The first-order valence-electron chi connectivity index (χ1n) is 4.94. The highest BCUT2D eigenvalue weighted by molar-refractivity contribution is 5.01. The molecule has 1 aliphatic rings.